The smallest absolute Gasteiger partial charge is 0.169 e. The zero-order chi connectivity index (χ0) is 21.3. The largest absolute Gasteiger partial charge is 0.209 e. The fourth-order valence-electron chi connectivity index (χ4n) is 4.36. The first kappa shape index (κ1) is 24.8. The molecule has 1 aliphatic rings. The van der Waals surface area contributed by atoms with Crippen molar-refractivity contribution >= 4 is 6.21 Å². The second kappa shape index (κ2) is 16.3. The molecule has 2 rings (SSSR count). The van der Waals surface area contributed by atoms with Crippen LogP contribution in [0.1, 0.15) is 109 Å². The highest BCUT2D eigenvalue weighted by molar-refractivity contribution is 5.53. The summed E-state index contributed by atoms with van der Waals surface area (Å²) in [5.41, 5.74) is 1.49. The maximum atomic E-state index is 2.45. The van der Waals surface area contributed by atoms with Crippen molar-refractivity contribution in [2.75, 3.05) is 6.54 Å². The molecule has 0 amide bonds. The maximum absolute atomic E-state index is 2.45. The fraction of sp³-hybridized carbons (Fsp3) is 0.714. The second-order valence-corrected chi connectivity index (χ2v) is 9.28. The molecule has 30 heavy (non-hydrogen) atoms. The first-order valence-corrected chi connectivity index (χ1v) is 13.1. The molecular weight excluding hydrogens is 364 g/mol. The Balaban J connectivity index is 1.44. The lowest BCUT2D eigenvalue weighted by Gasteiger charge is -2.12. The van der Waals surface area contributed by atoms with Crippen molar-refractivity contribution in [3.8, 4) is 0 Å². The van der Waals surface area contributed by atoms with Crippen molar-refractivity contribution in [1.82, 2.24) is 0 Å². The molecule has 0 aliphatic carbocycles. The highest BCUT2D eigenvalue weighted by Gasteiger charge is 2.13. The van der Waals surface area contributed by atoms with Gasteiger partial charge in [0.05, 0.1) is 0 Å². The molecular formula is C28H48N2+2. The van der Waals surface area contributed by atoms with E-state index in [-0.39, 0.29) is 0 Å². The molecule has 2 nitrogen and oxygen atoms in total. The number of rotatable bonds is 17. The third kappa shape index (κ3) is 11.1. The Morgan fingerprint density at radius 2 is 1.43 bits per heavy atom. The van der Waals surface area contributed by atoms with Gasteiger partial charge in [0.15, 0.2) is 18.6 Å². The summed E-state index contributed by atoms with van der Waals surface area (Å²) >= 11 is 0. The number of hydrogen-bond acceptors (Lipinski definition) is 0. The standard InChI is InChI=1S/C28H48N2/c1-3-5-11-15-27-17-23-29(24-18-27)21-13-9-7-8-10-14-22-30-25-19-28(20-26-30)16-12-6-4-2/h17-19,23-26,28H,3-16,20-22H2,1-2H3/q+2. The molecule has 1 atom stereocenters. The number of aromatic nitrogens is 1. The van der Waals surface area contributed by atoms with Crippen LogP contribution in [0.5, 0.6) is 0 Å². The van der Waals surface area contributed by atoms with Gasteiger partial charge in [0.25, 0.3) is 0 Å². The van der Waals surface area contributed by atoms with E-state index in [1.165, 1.54) is 115 Å². The average Bonchev–Trinajstić information content (AvgIpc) is 2.78. The van der Waals surface area contributed by atoms with Crippen LogP contribution in [0.4, 0.5) is 0 Å². The molecule has 0 saturated heterocycles. The normalized spacial score (nSPS) is 16.1. The van der Waals surface area contributed by atoms with E-state index < -0.39 is 0 Å². The topological polar surface area (TPSA) is 6.89 Å². The van der Waals surface area contributed by atoms with Crippen LogP contribution in [-0.2, 0) is 13.0 Å². The minimum atomic E-state index is 0.794. The molecule has 0 bridgehead atoms. The van der Waals surface area contributed by atoms with Crippen LogP contribution in [-0.4, -0.2) is 17.3 Å². The van der Waals surface area contributed by atoms with Crippen molar-refractivity contribution in [3.05, 3.63) is 42.4 Å². The summed E-state index contributed by atoms with van der Waals surface area (Å²) in [7, 11) is 0. The lowest BCUT2D eigenvalue weighted by molar-refractivity contribution is -0.697. The van der Waals surface area contributed by atoms with Gasteiger partial charge >= 0.3 is 0 Å². The molecule has 0 radical (unpaired) electrons. The number of hydrogen-bond donors (Lipinski definition) is 0. The zero-order valence-corrected chi connectivity index (χ0v) is 20.0. The van der Waals surface area contributed by atoms with Gasteiger partial charge in [0, 0.05) is 31.4 Å². The quantitative estimate of drug-likeness (QED) is 0.188. The summed E-state index contributed by atoms with van der Waals surface area (Å²) in [5, 5.41) is 0. The van der Waals surface area contributed by atoms with Crippen LogP contribution in [0, 0.1) is 5.92 Å². The van der Waals surface area contributed by atoms with Crippen LogP contribution in [0.25, 0.3) is 0 Å². The number of allylic oxidation sites excluding steroid dienone is 1. The van der Waals surface area contributed by atoms with E-state index in [0.717, 1.165) is 5.92 Å². The van der Waals surface area contributed by atoms with Crippen LogP contribution in [0.2, 0.25) is 0 Å². The van der Waals surface area contributed by atoms with Crippen molar-refractivity contribution < 1.29 is 9.14 Å². The van der Waals surface area contributed by atoms with E-state index in [2.05, 4.69) is 66.0 Å². The molecule has 168 valence electrons. The summed E-state index contributed by atoms with van der Waals surface area (Å²) in [5.74, 6) is 0.794. The summed E-state index contributed by atoms with van der Waals surface area (Å²) in [6.45, 7) is 6.94. The predicted molar refractivity (Wildman–Crippen MR) is 130 cm³/mol. The minimum absolute atomic E-state index is 0.794. The minimum Gasteiger partial charge on any atom is -0.209 e. The summed E-state index contributed by atoms with van der Waals surface area (Å²) in [4.78, 5) is 0. The Morgan fingerprint density at radius 3 is 2.10 bits per heavy atom. The number of aryl methyl sites for hydroxylation is 2. The molecule has 0 aromatic carbocycles. The van der Waals surface area contributed by atoms with E-state index in [4.69, 9.17) is 0 Å². The van der Waals surface area contributed by atoms with Gasteiger partial charge in [-0.3, -0.25) is 0 Å². The Morgan fingerprint density at radius 1 is 0.767 bits per heavy atom. The van der Waals surface area contributed by atoms with Crippen LogP contribution >= 0.6 is 0 Å². The summed E-state index contributed by atoms with van der Waals surface area (Å²) < 4.78 is 4.79. The first-order chi connectivity index (χ1) is 14.8. The monoisotopic (exact) mass is 412 g/mol. The van der Waals surface area contributed by atoms with Gasteiger partial charge in [-0.2, -0.15) is 0 Å². The molecule has 0 spiro atoms. The maximum Gasteiger partial charge on any atom is 0.169 e. The molecule has 1 aromatic rings. The van der Waals surface area contributed by atoms with Gasteiger partial charge in [0.1, 0.15) is 19.3 Å². The van der Waals surface area contributed by atoms with Gasteiger partial charge in [-0.15, -0.1) is 0 Å². The van der Waals surface area contributed by atoms with E-state index >= 15 is 0 Å². The van der Waals surface area contributed by atoms with Crippen LogP contribution < -0.4 is 4.57 Å². The third-order valence-electron chi connectivity index (χ3n) is 6.48. The SMILES string of the molecule is CCCCCc1cc[n+](CCCCCCCC[N+]2=CCC(CCCCC)C=C2)cc1. The zero-order valence-electron chi connectivity index (χ0n) is 20.0. The fourth-order valence-corrected chi connectivity index (χ4v) is 4.36. The lowest BCUT2D eigenvalue weighted by Crippen LogP contribution is -2.32. The van der Waals surface area contributed by atoms with Gasteiger partial charge in [-0.25, -0.2) is 9.14 Å². The molecule has 1 unspecified atom stereocenters. The highest BCUT2D eigenvalue weighted by atomic mass is 15.0. The molecule has 0 fully saturated rings. The highest BCUT2D eigenvalue weighted by Crippen LogP contribution is 2.17. The number of unbranched alkanes of at least 4 members (excludes halogenated alkanes) is 9. The van der Waals surface area contributed by atoms with Gasteiger partial charge in [0.2, 0.25) is 0 Å². The Kier molecular flexibility index (Phi) is 13.5. The van der Waals surface area contributed by atoms with E-state index in [9.17, 15) is 0 Å². The van der Waals surface area contributed by atoms with E-state index in [1.807, 2.05) is 0 Å². The second-order valence-electron chi connectivity index (χ2n) is 9.28. The lowest BCUT2D eigenvalue weighted by atomic mass is 9.97. The van der Waals surface area contributed by atoms with Gasteiger partial charge < -0.3 is 0 Å². The molecule has 1 aromatic heterocycles. The number of nitrogens with zero attached hydrogens (tertiary/aromatic N) is 2. The summed E-state index contributed by atoms with van der Waals surface area (Å²) in [6.07, 6.45) is 31.9. The van der Waals surface area contributed by atoms with E-state index in [1.54, 1.807) is 0 Å². The summed E-state index contributed by atoms with van der Waals surface area (Å²) in [6, 6.07) is 4.63. The third-order valence-corrected chi connectivity index (χ3v) is 6.48. The molecule has 2 heteroatoms. The Labute approximate surface area is 187 Å². The van der Waals surface area contributed by atoms with Crippen molar-refractivity contribution in [2.24, 2.45) is 5.92 Å². The van der Waals surface area contributed by atoms with Crippen molar-refractivity contribution in [2.45, 2.75) is 117 Å². The van der Waals surface area contributed by atoms with E-state index in [0.29, 0.717) is 0 Å². The Bertz CT molecular complexity index is 600. The molecule has 2 heterocycles. The van der Waals surface area contributed by atoms with Crippen LogP contribution in [0.15, 0.2) is 36.8 Å². The predicted octanol–water partition coefficient (Wildman–Crippen LogP) is 7.24. The number of pyridine rings is 1. The van der Waals surface area contributed by atoms with Gasteiger partial charge in [-0.1, -0.05) is 58.8 Å². The Hall–Kier alpha value is -1.44. The first-order valence-electron chi connectivity index (χ1n) is 13.1. The molecule has 0 saturated carbocycles. The molecule has 0 N–H and O–H groups in total. The molecule has 1 aliphatic heterocycles. The van der Waals surface area contributed by atoms with Crippen molar-refractivity contribution in [1.29, 1.82) is 0 Å². The average molecular weight is 413 g/mol. The van der Waals surface area contributed by atoms with Gasteiger partial charge in [-0.05, 0) is 49.7 Å². The van der Waals surface area contributed by atoms with Crippen LogP contribution in [0.3, 0.4) is 0 Å². The van der Waals surface area contributed by atoms with Crippen molar-refractivity contribution in [3.63, 3.8) is 0 Å².